The average Bonchev–Trinajstić information content (AvgIpc) is 3.28. The summed E-state index contributed by atoms with van der Waals surface area (Å²) in [4.78, 5) is 50.4. The number of esters is 2. The largest absolute Gasteiger partial charge is 0.472 e. The van der Waals surface area contributed by atoms with Crippen molar-refractivity contribution in [1.29, 1.82) is 0 Å². The summed E-state index contributed by atoms with van der Waals surface area (Å²) in [7, 11) is -4.59. The van der Waals surface area contributed by atoms with Gasteiger partial charge in [-0.1, -0.05) is 199 Å². The second kappa shape index (κ2) is 48.7. The van der Waals surface area contributed by atoms with Gasteiger partial charge in [-0.2, -0.15) is 0 Å². The van der Waals surface area contributed by atoms with Crippen LogP contribution in [0.15, 0.2) is 5.11 Å². The fourth-order valence-corrected chi connectivity index (χ4v) is 7.94. The molecular formula is C48H93N4O11P. The lowest BCUT2D eigenvalue weighted by molar-refractivity contribution is -0.161. The molecule has 1 amide bonds. The molecular weight excluding hydrogens is 840 g/mol. The number of carbonyl (C=O) groups excluding carboxylic acids is 3. The van der Waals surface area contributed by atoms with E-state index in [0.717, 1.165) is 38.5 Å². The Balaban J connectivity index is 4.50. The molecule has 16 heteroatoms. The lowest BCUT2D eigenvalue weighted by Gasteiger charge is -2.20. The number of nitrogens with one attached hydrogen (secondary N) is 1. The number of rotatable bonds is 51. The zero-order valence-corrected chi connectivity index (χ0v) is 41.5. The topological polar surface area (TPSA) is 205 Å². The van der Waals surface area contributed by atoms with Crippen molar-refractivity contribution in [2.24, 2.45) is 5.11 Å². The first-order valence-corrected chi connectivity index (χ1v) is 27.1. The van der Waals surface area contributed by atoms with Crippen LogP contribution in [0.4, 0.5) is 0 Å². The predicted molar refractivity (Wildman–Crippen MR) is 255 cm³/mol. The van der Waals surface area contributed by atoms with Crippen LogP contribution in [0.25, 0.3) is 10.4 Å². The van der Waals surface area contributed by atoms with Crippen LogP contribution in [0, 0.1) is 0 Å². The highest BCUT2D eigenvalue weighted by molar-refractivity contribution is 7.47. The third-order valence-electron chi connectivity index (χ3n) is 11.0. The summed E-state index contributed by atoms with van der Waals surface area (Å²) in [6.07, 6.45) is 36.1. The molecule has 64 heavy (non-hydrogen) atoms. The van der Waals surface area contributed by atoms with Crippen molar-refractivity contribution in [2.75, 3.05) is 59.3 Å². The molecule has 376 valence electrons. The van der Waals surface area contributed by atoms with Crippen LogP contribution in [0.1, 0.15) is 226 Å². The third kappa shape index (κ3) is 47.7. The quantitative estimate of drug-likeness (QED) is 0.0147. The Kier molecular flexibility index (Phi) is 47.0. The van der Waals surface area contributed by atoms with E-state index in [2.05, 4.69) is 29.2 Å². The van der Waals surface area contributed by atoms with E-state index in [9.17, 15) is 23.8 Å². The number of phosphoric ester groups is 1. The minimum absolute atomic E-state index is 0.0517. The van der Waals surface area contributed by atoms with Crippen molar-refractivity contribution in [3.8, 4) is 0 Å². The SMILES string of the molecule is CCCCCCCCCCCCCCCCCC(=O)OC[C@@H](COP(=O)(O)OCCNC(=O)CCOCCOCCN=[N+]=[N-])OC(=O)CCCCCCCCCCCCCCCCC. The number of hydrogen-bond donors (Lipinski definition) is 2. The van der Waals surface area contributed by atoms with E-state index in [1.807, 2.05) is 0 Å². The molecule has 15 nitrogen and oxygen atoms in total. The van der Waals surface area contributed by atoms with Crippen LogP contribution in [-0.2, 0) is 46.9 Å². The maximum absolute atomic E-state index is 12.8. The molecule has 0 fully saturated rings. The Morgan fingerprint density at radius 2 is 0.969 bits per heavy atom. The maximum atomic E-state index is 12.8. The highest BCUT2D eigenvalue weighted by Gasteiger charge is 2.26. The Morgan fingerprint density at radius 1 is 0.547 bits per heavy atom. The first-order valence-electron chi connectivity index (χ1n) is 25.6. The van der Waals surface area contributed by atoms with E-state index >= 15 is 0 Å². The maximum Gasteiger partial charge on any atom is 0.472 e. The zero-order valence-electron chi connectivity index (χ0n) is 40.6. The molecule has 0 saturated heterocycles. The second-order valence-electron chi connectivity index (χ2n) is 17.1. The highest BCUT2D eigenvalue weighted by Crippen LogP contribution is 2.43. The average molecular weight is 933 g/mol. The van der Waals surface area contributed by atoms with Gasteiger partial charge >= 0.3 is 19.8 Å². The molecule has 0 bridgehead atoms. The molecule has 0 aliphatic rings. The molecule has 0 aromatic heterocycles. The van der Waals surface area contributed by atoms with E-state index in [1.165, 1.54) is 141 Å². The van der Waals surface area contributed by atoms with Crippen molar-refractivity contribution in [3.63, 3.8) is 0 Å². The van der Waals surface area contributed by atoms with E-state index in [-0.39, 0.29) is 71.3 Å². The fourth-order valence-electron chi connectivity index (χ4n) is 7.19. The molecule has 1 unspecified atom stereocenters. The van der Waals surface area contributed by atoms with Gasteiger partial charge in [0.2, 0.25) is 5.91 Å². The Labute approximate surface area is 388 Å². The first-order chi connectivity index (χ1) is 31.2. The summed E-state index contributed by atoms with van der Waals surface area (Å²) in [5.74, 6) is -1.24. The molecule has 0 saturated carbocycles. The van der Waals surface area contributed by atoms with Gasteiger partial charge in [-0.05, 0) is 18.4 Å². The number of carbonyl (C=O) groups is 3. The van der Waals surface area contributed by atoms with Gasteiger partial charge < -0.3 is 29.2 Å². The number of nitrogens with zero attached hydrogens (tertiary/aromatic N) is 3. The minimum Gasteiger partial charge on any atom is -0.462 e. The fraction of sp³-hybridized carbons (Fsp3) is 0.938. The van der Waals surface area contributed by atoms with Gasteiger partial charge in [0.25, 0.3) is 0 Å². The van der Waals surface area contributed by atoms with Crippen LogP contribution in [0.5, 0.6) is 0 Å². The van der Waals surface area contributed by atoms with Crippen LogP contribution in [-0.4, -0.2) is 88.2 Å². The van der Waals surface area contributed by atoms with Crippen LogP contribution < -0.4 is 5.32 Å². The van der Waals surface area contributed by atoms with E-state index in [4.69, 9.17) is 33.5 Å². The number of unbranched alkanes of at least 4 members (excludes halogenated alkanes) is 28. The summed E-state index contributed by atoms with van der Waals surface area (Å²) >= 11 is 0. The third-order valence-corrected chi connectivity index (χ3v) is 12.0. The molecule has 0 aliphatic heterocycles. The van der Waals surface area contributed by atoms with Crippen LogP contribution in [0.3, 0.4) is 0 Å². The molecule has 0 aliphatic carbocycles. The van der Waals surface area contributed by atoms with Gasteiger partial charge in [0.05, 0.1) is 39.6 Å². The molecule has 0 rings (SSSR count). The number of azide groups is 1. The van der Waals surface area contributed by atoms with Crippen molar-refractivity contribution >= 4 is 25.7 Å². The van der Waals surface area contributed by atoms with Crippen molar-refractivity contribution in [3.05, 3.63) is 10.4 Å². The smallest absolute Gasteiger partial charge is 0.462 e. The Morgan fingerprint density at radius 3 is 1.42 bits per heavy atom. The lowest BCUT2D eigenvalue weighted by atomic mass is 10.0. The summed E-state index contributed by atoms with van der Waals surface area (Å²) in [6, 6.07) is 0. The van der Waals surface area contributed by atoms with Gasteiger partial charge in [-0.3, -0.25) is 23.4 Å². The Bertz CT molecular complexity index is 1180. The number of amides is 1. The van der Waals surface area contributed by atoms with E-state index < -0.39 is 32.5 Å². The molecule has 0 aromatic rings. The van der Waals surface area contributed by atoms with Gasteiger partial charge in [0.15, 0.2) is 6.10 Å². The minimum atomic E-state index is -4.59. The molecule has 0 spiro atoms. The Hall–Kier alpha value is -2.25. The van der Waals surface area contributed by atoms with Crippen LogP contribution in [0.2, 0.25) is 0 Å². The molecule has 2 N–H and O–H groups in total. The summed E-state index contributed by atoms with van der Waals surface area (Å²) in [5, 5.41) is 5.93. The number of hydrogen-bond acceptors (Lipinski definition) is 11. The molecule has 0 heterocycles. The second-order valence-corrected chi connectivity index (χ2v) is 18.5. The van der Waals surface area contributed by atoms with Crippen molar-refractivity contribution in [2.45, 2.75) is 232 Å². The van der Waals surface area contributed by atoms with E-state index in [1.54, 1.807) is 0 Å². The van der Waals surface area contributed by atoms with Gasteiger partial charge in [-0.25, -0.2) is 4.57 Å². The molecule has 0 aromatic carbocycles. The van der Waals surface area contributed by atoms with Gasteiger partial charge in [0, 0.05) is 37.3 Å². The zero-order chi connectivity index (χ0) is 46.9. The number of phosphoric acid groups is 1. The van der Waals surface area contributed by atoms with Crippen molar-refractivity contribution in [1.82, 2.24) is 5.32 Å². The van der Waals surface area contributed by atoms with Gasteiger partial charge in [0.1, 0.15) is 6.61 Å². The van der Waals surface area contributed by atoms with Gasteiger partial charge in [-0.15, -0.1) is 0 Å². The monoisotopic (exact) mass is 933 g/mol. The number of ether oxygens (including phenoxy) is 4. The van der Waals surface area contributed by atoms with Crippen LogP contribution >= 0.6 is 7.82 Å². The summed E-state index contributed by atoms with van der Waals surface area (Å²) in [5.41, 5.74) is 8.23. The van der Waals surface area contributed by atoms with Crippen molar-refractivity contribution < 1.29 is 51.8 Å². The normalized spacial score (nSPS) is 12.7. The molecule has 2 atom stereocenters. The first kappa shape index (κ1) is 61.8. The lowest BCUT2D eigenvalue weighted by Crippen LogP contribution is -2.30. The van der Waals surface area contributed by atoms with E-state index in [0.29, 0.717) is 19.4 Å². The summed E-state index contributed by atoms with van der Waals surface area (Å²) < 4.78 is 44.3. The highest BCUT2D eigenvalue weighted by atomic mass is 31.2. The summed E-state index contributed by atoms with van der Waals surface area (Å²) in [6.45, 7) is 4.56. The predicted octanol–water partition coefficient (Wildman–Crippen LogP) is 12.9. The molecule has 0 radical (unpaired) electrons. The standard InChI is InChI=1S/C48H93N4O11P/c1-3-5-7-9-11-13-15-17-19-21-23-25-27-29-31-33-47(54)60-43-45(63-48(55)34-32-30-28-26-24-22-20-18-16-14-12-10-8-6-4-2)44-62-64(56,57)61-40-36-50-46(53)35-38-58-41-42-59-39-37-51-52-49/h45H,3-44H2,1-2H3,(H,50,53)(H,56,57)/t45-/m0/s1.